The summed E-state index contributed by atoms with van der Waals surface area (Å²) < 4.78 is 5.99. The van der Waals surface area contributed by atoms with Crippen molar-refractivity contribution < 1.29 is 9.94 Å². The summed E-state index contributed by atoms with van der Waals surface area (Å²) in [6, 6.07) is 5.66. The Labute approximate surface area is 102 Å². The van der Waals surface area contributed by atoms with Gasteiger partial charge in [0.15, 0.2) is 0 Å². The molecule has 0 aliphatic heterocycles. The fourth-order valence-corrected chi connectivity index (χ4v) is 1.70. The summed E-state index contributed by atoms with van der Waals surface area (Å²) in [4.78, 5) is 0. The largest absolute Gasteiger partial charge is 0.496 e. The number of nitrogens with one attached hydrogen (secondary N) is 1. The minimum absolute atomic E-state index is 0.208. The highest BCUT2D eigenvalue weighted by Gasteiger charge is 2.01. The van der Waals surface area contributed by atoms with E-state index in [1.165, 1.54) is 0 Å². The number of hydrogen-bond donors (Lipinski definition) is 3. The number of anilines is 1. The molecular formula is C10H14BrN3O2. The molecule has 5 nitrogen and oxygen atoms in total. The lowest BCUT2D eigenvalue weighted by atomic mass is 10.3. The minimum Gasteiger partial charge on any atom is -0.496 e. The van der Waals surface area contributed by atoms with Crippen molar-refractivity contribution in [1.82, 2.24) is 0 Å². The van der Waals surface area contributed by atoms with E-state index in [0.29, 0.717) is 13.0 Å². The van der Waals surface area contributed by atoms with Crippen molar-refractivity contribution in [1.29, 1.82) is 0 Å². The van der Waals surface area contributed by atoms with Crippen LogP contribution in [0.4, 0.5) is 5.69 Å². The molecule has 4 N–H and O–H groups in total. The van der Waals surface area contributed by atoms with Gasteiger partial charge < -0.3 is 21.0 Å². The highest BCUT2D eigenvalue weighted by molar-refractivity contribution is 9.10. The number of halogens is 1. The molecule has 0 fully saturated rings. The van der Waals surface area contributed by atoms with E-state index in [1.54, 1.807) is 7.11 Å². The Morgan fingerprint density at radius 3 is 2.94 bits per heavy atom. The van der Waals surface area contributed by atoms with E-state index in [2.05, 4.69) is 26.4 Å². The van der Waals surface area contributed by atoms with E-state index in [-0.39, 0.29) is 5.84 Å². The van der Waals surface area contributed by atoms with Gasteiger partial charge in [-0.15, -0.1) is 0 Å². The summed E-state index contributed by atoms with van der Waals surface area (Å²) >= 11 is 3.39. The molecule has 6 heteroatoms. The number of amidine groups is 1. The second kappa shape index (κ2) is 6.22. The van der Waals surface area contributed by atoms with Gasteiger partial charge in [-0.2, -0.15) is 0 Å². The van der Waals surface area contributed by atoms with Crippen molar-refractivity contribution >= 4 is 27.5 Å². The second-order valence-electron chi connectivity index (χ2n) is 3.12. The standard InChI is InChI=1S/C10H14BrN3O2/c1-16-9-3-2-7(6-8(9)11)13-5-4-10(12)14-15/h2-3,6,13,15H,4-5H2,1H3,(H2,12,14). The van der Waals surface area contributed by atoms with Crippen LogP contribution in [0.5, 0.6) is 5.75 Å². The Kier molecular flexibility index (Phi) is 4.91. The van der Waals surface area contributed by atoms with Crippen LogP contribution in [0.1, 0.15) is 6.42 Å². The quantitative estimate of drug-likeness (QED) is 0.335. The highest BCUT2D eigenvalue weighted by atomic mass is 79.9. The van der Waals surface area contributed by atoms with Gasteiger partial charge in [0.05, 0.1) is 11.6 Å². The van der Waals surface area contributed by atoms with Crippen molar-refractivity contribution in [3.63, 3.8) is 0 Å². The predicted octanol–water partition coefficient (Wildman–Crippen LogP) is 2.01. The predicted molar refractivity (Wildman–Crippen MR) is 67.2 cm³/mol. The molecule has 1 aromatic carbocycles. The third-order valence-electron chi connectivity index (χ3n) is 1.99. The van der Waals surface area contributed by atoms with Crippen LogP contribution < -0.4 is 15.8 Å². The summed E-state index contributed by atoms with van der Waals surface area (Å²) in [7, 11) is 1.62. The third kappa shape index (κ3) is 3.62. The average Bonchev–Trinajstić information content (AvgIpc) is 2.29. The Hall–Kier alpha value is -1.43. The Morgan fingerprint density at radius 1 is 1.62 bits per heavy atom. The summed E-state index contributed by atoms with van der Waals surface area (Å²) in [5.41, 5.74) is 6.29. The number of oxime groups is 1. The van der Waals surface area contributed by atoms with Crippen LogP contribution in [-0.2, 0) is 0 Å². The summed E-state index contributed by atoms with van der Waals surface area (Å²) in [5, 5.41) is 14.4. The van der Waals surface area contributed by atoms with Gasteiger partial charge in [0.2, 0.25) is 0 Å². The molecule has 0 radical (unpaired) electrons. The molecule has 16 heavy (non-hydrogen) atoms. The van der Waals surface area contributed by atoms with E-state index >= 15 is 0 Å². The number of nitrogens with two attached hydrogens (primary N) is 1. The molecule has 1 aromatic rings. The van der Waals surface area contributed by atoms with Crippen LogP contribution in [-0.4, -0.2) is 24.7 Å². The molecule has 0 saturated carbocycles. The van der Waals surface area contributed by atoms with Crippen LogP contribution in [0.15, 0.2) is 27.8 Å². The van der Waals surface area contributed by atoms with Crippen LogP contribution in [0.25, 0.3) is 0 Å². The van der Waals surface area contributed by atoms with Crippen molar-refractivity contribution in [3.8, 4) is 5.75 Å². The van der Waals surface area contributed by atoms with Crippen molar-refractivity contribution in [2.45, 2.75) is 6.42 Å². The van der Waals surface area contributed by atoms with E-state index in [4.69, 9.17) is 15.7 Å². The Bertz CT molecular complexity index is 382. The first-order chi connectivity index (χ1) is 7.67. The monoisotopic (exact) mass is 287 g/mol. The van der Waals surface area contributed by atoms with Gasteiger partial charge in [-0.3, -0.25) is 0 Å². The number of nitrogens with zero attached hydrogens (tertiary/aromatic N) is 1. The molecule has 88 valence electrons. The first-order valence-corrected chi connectivity index (χ1v) is 5.50. The van der Waals surface area contributed by atoms with Gasteiger partial charge in [-0.05, 0) is 34.1 Å². The summed E-state index contributed by atoms with van der Waals surface area (Å²) in [6.07, 6.45) is 0.486. The van der Waals surface area contributed by atoms with Gasteiger partial charge in [-0.1, -0.05) is 5.16 Å². The highest BCUT2D eigenvalue weighted by Crippen LogP contribution is 2.27. The van der Waals surface area contributed by atoms with Crippen molar-refractivity contribution in [2.75, 3.05) is 19.0 Å². The van der Waals surface area contributed by atoms with Gasteiger partial charge in [0.25, 0.3) is 0 Å². The fourth-order valence-electron chi connectivity index (χ4n) is 1.16. The molecule has 0 aliphatic carbocycles. The van der Waals surface area contributed by atoms with Gasteiger partial charge >= 0.3 is 0 Å². The fraction of sp³-hybridized carbons (Fsp3) is 0.300. The Balaban J connectivity index is 2.52. The number of benzene rings is 1. The van der Waals surface area contributed by atoms with Gasteiger partial charge in [0.1, 0.15) is 11.6 Å². The van der Waals surface area contributed by atoms with Gasteiger partial charge in [-0.25, -0.2) is 0 Å². The van der Waals surface area contributed by atoms with Gasteiger partial charge in [0, 0.05) is 18.7 Å². The zero-order valence-electron chi connectivity index (χ0n) is 8.90. The first kappa shape index (κ1) is 12.6. The molecule has 0 aliphatic rings. The van der Waals surface area contributed by atoms with Crippen LogP contribution >= 0.6 is 15.9 Å². The zero-order valence-corrected chi connectivity index (χ0v) is 10.5. The number of methoxy groups -OCH3 is 1. The van der Waals surface area contributed by atoms with E-state index in [9.17, 15) is 0 Å². The smallest absolute Gasteiger partial charge is 0.140 e. The topological polar surface area (TPSA) is 79.9 Å². The minimum atomic E-state index is 0.208. The van der Waals surface area contributed by atoms with E-state index in [0.717, 1.165) is 15.9 Å². The first-order valence-electron chi connectivity index (χ1n) is 4.71. The lowest BCUT2D eigenvalue weighted by Gasteiger charge is -2.08. The molecule has 0 unspecified atom stereocenters. The summed E-state index contributed by atoms with van der Waals surface area (Å²) in [6.45, 7) is 0.606. The van der Waals surface area contributed by atoms with E-state index in [1.807, 2.05) is 18.2 Å². The van der Waals surface area contributed by atoms with Crippen molar-refractivity contribution in [2.24, 2.45) is 10.9 Å². The number of rotatable bonds is 5. The molecular weight excluding hydrogens is 274 g/mol. The summed E-state index contributed by atoms with van der Waals surface area (Å²) in [5.74, 6) is 0.988. The maximum Gasteiger partial charge on any atom is 0.140 e. The lowest BCUT2D eigenvalue weighted by Crippen LogP contribution is -2.16. The van der Waals surface area contributed by atoms with Crippen molar-refractivity contribution in [3.05, 3.63) is 22.7 Å². The SMILES string of the molecule is COc1ccc(NCCC(N)=NO)cc1Br. The second-order valence-corrected chi connectivity index (χ2v) is 3.97. The third-order valence-corrected chi connectivity index (χ3v) is 2.61. The molecule has 1 rings (SSSR count). The molecule has 0 amide bonds. The zero-order chi connectivity index (χ0) is 12.0. The van der Waals surface area contributed by atoms with E-state index < -0.39 is 0 Å². The maximum absolute atomic E-state index is 8.36. The molecule has 0 saturated heterocycles. The average molecular weight is 288 g/mol. The number of ether oxygens (including phenoxy) is 1. The molecule has 0 aromatic heterocycles. The molecule has 0 spiro atoms. The molecule has 0 bridgehead atoms. The number of hydrogen-bond acceptors (Lipinski definition) is 4. The molecule has 0 heterocycles. The van der Waals surface area contributed by atoms with Crippen LogP contribution in [0.2, 0.25) is 0 Å². The lowest BCUT2D eigenvalue weighted by molar-refractivity contribution is 0.317. The molecule has 0 atom stereocenters. The normalized spacial score (nSPS) is 11.2. The Morgan fingerprint density at radius 2 is 2.38 bits per heavy atom. The maximum atomic E-state index is 8.36. The van der Waals surface area contributed by atoms with Crippen LogP contribution in [0.3, 0.4) is 0 Å². The van der Waals surface area contributed by atoms with Crippen LogP contribution in [0, 0.1) is 0 Å².